The Balaban J connectivity index is 0.00000312. The standard InChI is InChI=1S/C19H27FN2O2.ClH/c1-5-6-9-24-17-15-10-13(20)7-8-14(15)18(23)22(16(17)11-21)12-19(2,3)4;/h7-8,10H,5-6,9,11-12,21H2,1-4H3;1H. The van der Waals surface area contributed by atoms with Gasteiger partial charge in [-0.3, -0.25) is 4.79 Å². The maximum atomic E-state index is 13.7. The Hall–Kier alpha value is -1.59. The number of rotatable bonds is 6. The lowest BCUT2D eigenvalue weighted by Gasteiger charge is -2.25. The summed E-state index contributed by atoms with van der Waals surface area (Å²) in [6, 6.07) is 4.20. The molecule has 0 unspecified atom stereocenters. The number of halogens is 2. The molecule has 0 saturated heterocycles. The number of fused-ring (bicyclic) bond motifs is 1. The van der Waals surface area contributed by atoms with Gasteiger partial charge in [0.2, 0.25) is 0 Å². The Labute approximate surface area is 154 Å². The van der Waals surface area contributed by atoms with E-state index in [2.05, 4.69) is 27.7 Å². The number of hydrogen-bond donors (Lipinski definition) is 1. The molecule has 1 aromatic carbocycles. The molecule has 0 bridgehead atoms. The topological polar surface area (TPSA) is 57.2 Å². The molecule has 1 heterocycles. The lowest BCUT2D eigenvalue weighted by Crippen LogP contribution is -2.31. The van der Waals surface area contributed by atoms with Crippen molar-refractivity contribution in [3.8, 4) is 5.75 Å². The molecule has 0 radical (unpaired) electrons. The quantitative estimate of drug-likeness (QED) is 0.773. The molecule has 2 N–H and O–H groups in total. The first-order valence-electron chi connectivity index (χ1n) is 8.46. The van der Waals surface area contributed by atoms with Crippen molar-refractivity contribution in [2.75, 3.05) is 6.61 Å². The summed E-state index contributed by atoms with van der Waals surface area (Å²) in [5.74, 6) is 0.142. The Morgan fingerprint density at radius 3 is 2.48 bits per heavy atom. The van der Waals surface area contributed by atoms with Gasteiger partial charge in [-0.05, 0) is 30.0 Å². The Kier molecular flexibility index (Phi) is 7.44. The molecule has 0 aliphatic rings. The average molecular weight is 371 g/mol. The molecule has 140 valence electrons. The van der Waals surface area contributed by atoms with Gasteiger partial charge >= 0.3 is 0 Å². The first-order valence-corrected chi connectivity index (χ1v) is 8.46. The molecule has 1 aromatic heterocycles. The fourth-order valence-electron chi connectivity index (χ4n) is 2.76. The van der Waals surface area contributed by atoms with E-state index in [1.54, 1.807) is 4.57 Å². The Morgan fingerprint density at radius 2 is 1.92 bits per heavy atom. The largest absolute Gasteiger partial charge is 0.491 e. The van der Waals surface area contributed by atoms with Crippen LogP contribution in [0.1, 0.15) is 46.2 Å². The monoisotopic (exact) mass is 370 g/mol. The van der Waals surface area contributed by atoms with E-state index >= 15 is 0 Å². The van der Waals surface area contributed by atoms with E-state index in [-0.39, 0.29) is 29.9 Å². The second-order valence-corrected chi connectivity index (χ2v) is 7.32. The summed E-state index contributed by atoms with van der Waals surface area (Å²) in [4.78, 5) is 12.9. The smallest absolute Gasteiger partial charge is 0.258 e. The summed E-state index contributed by atoms with van der Waals surface area (Å²) in [5, 5.41) is 0.964. The van der Waals surface area contributed by atoms with Crippen LogP contribution in [0.4, 0.5) is 4.39 Å². The van der Waals surface area contributed by atoms with Crippen LogP contribution < -0.4 is 16.0 Å². The van der Waals surface area contributed by atoms with Gasteiger partial charge in [-0.25, -0.2) is 4.39 Å². The molecule has 0 spiro atoms. The van der Waals surface area contributed by atoms with E-state index in [0.717, 1.165) is 12.8 Å². The van der Waals surface area contributed by atoms with Crippen LogP contribution in [0.2, 0.25) is 0 Å². The molecule has 2 rings (SSSR count). The van der Waals surface area contributed by atoms with Crippen molar-refractivity contribution in [3.05, 3.63) is 40.1 Å². The van der Waals surface area contributed by atoms with Gasteiger partial charge in [0.15, 0.2) is 0 Å². The molecule has 4 nitrogen and oxygen atoms in total. The van der Waals surface area contributed by atoms with Crippen molar-refractivity contribution in [3.63, 3.8) is 0 Å². The van der Waals surface area contributed by atoms with Crippen LogP contribution in [-0.2, 0) is 13.1 Å². The number of benzene rings is 1. The molecule has 0 saturated carbocycles. The molecule has 6 heteroatoms. The lowest BCUT2D eigenvalue weighted by molar-refractivity contribution is 0.295. The molecule has 2 aromatic rings. The molecule has 0 amide bonds. The van der Waals surface area contributed by atoms with Gasteiger partial charge in [0.1, 0.15) is 11.6 Å². The predicted octanol–water partition coefficient (Wildman–Crippen LogP) is 4.25. The highest BCUT2D eigenvalue weighted by Gasteiger charge is 2.21. The Morgan fingerprint density at radius 1 is 1.24 bits per heavy atom. The predicted molar refractivity (Wildman–Crippen MR) is 103 cm³/mol. The SMILES string of the molecule is CCCCOc1c(CN)n(CC(C)(C)C)c(=O)c2ccc(F)cc12.Cl. The van der Waals surface area contributed by atoms with E-state index in [1.165, 1.54) is 18.2 Å². The van der Waals surface area contributed by atoms with Crippen molar-refractivity contribution in [1.82, 2.24) is 4.57 Å². The van der Waals surface area contributed by atoms with Gasteiger partial charge in [-0.1, -0.05) is 34.1 Å². The van der Waals surface area contributed by atoms with Gasteiger partial charge in [0.05, 0.1) is 17.7 Å². The summed E-state index contributed by atoms with van der Waals surface area (Å²) in [6.07, 6.45) is 1.88. The van der Waals surface area contributed by atoms with Gasteiger partial charge in [0, 0.05) is 18.5 Å². The van der Waals surface area contributed by atoms with E-state index in [4.69, 9.17) is 10.5 Å². The summed E-state index contributed by atoms with van der Waals surface area (Å²) in [6.45, 7) is 9.47. The van der Waals surface area contributed by atoms with Crippen LogP contribution in [0.3, 0.4) is 0 Å². The van der Waals surface area contributed by atoms with Gasteiger partial charge in [-0.2, -0.15) is 0 Å². The van der Waals surface area contributed by atoms with Crippen LogP contribution in [0.5, 0.6) is 5.75 Å². The highest BCUT2D eigenvalue weighted by Crippen LogP contribution is 2.30. The van der Waals surface area contributed by atoms with Crippen molar-refractivity contribution < 1.29 is 9.13 Å². The molecular formula is C19H28ClFN2O2. The van der Waals surface area contributed by atoms with Crippen molar-refractivity contribution in [2.24, 2.45) is 11.1 Å². The minimum absolute atomic E-state index is 0. The van der Waals surface area contributed by atoms with Crippen molar-refractivity contribution in [1.29, 1.82) is 0 Å². The minimum Gasteiger partial charge on any atom is -0.491 e. The molecule has 25 heavy (non-hydrogen) atoms. The first-order chi connectivity index (χ1) is 11.3. The van der Waals surface area contributed by atoms with Crippen LogP contribution in [-0.4, -0.2) is 11.2 Å². The molecule has 0 aliphatic carbocycles. The minimum atomic E-state index is -0.390. The maximum Gasteiger partial charge on any atom is 0.258 e. The fourth-order valence-corrected chi connectivity index (χ4v) is 2.76. The number of unbranched alkanes of at least 4 members (excludes halogenated alkanes) is 1. The van der Waals surface area contributed by atoms with Crippen LogP contribution in [0, 0.1) is 11.2 Å². The summed E-state index contributed by atoms with van der Waals surface area (Å²) in [7, 11) is 0. The molecule has 0 fully saturated rings. The summed E-state index contributed by atoms with van der Waals surface area (Å²) in [5.41, 5.74) is 6.32. The first kappa shape index (κ1) is 21.5. The van der Waals surface area contributed by atoms with E-state index < -0.39 is 5.82 Å². The number of nitrogens with zero attached hydrogens (tertiary/aromatic N) is 1. The zero-order chi connectivity index (χ0) is 17.9. The van der Waals surface area contributed by atoms with E-state index in [1.807, 2.05) is 0 Å². The van der Waals surface area contributed by atoms with Gasteiger partial charge in [-0.15, -0.1) is 12.4 Å². The number of aromatic nitrogens is 1. The third-order valence-electron chi connectivity index (χ3n) is 3.86. The van der Waals surface area contributed by atoms with E-state index in [9.17, 15) is 9.18 Å². The third kappa shape index (κ3) is 4.95. The highest BCUT2D eigenvalue weighted by molar-refractivity contribution is 5.88. The van der Waals surface area contributed by atoms with Gasteiger partial charge in [0.25, 0.3) is 5.56 Å². The van der Waals surface area contributed by atoms with Crippen LogP contribution in [0.25, 0.3) is 10.8 Å². The number of pyridine rings is 1. The average Bonchev–Trinajstić information content (AvgIpc) is 2.50. The second-order valence-electron chi connectivity index (χ2n) is 7.32. The normalized spacial score (nSPS) is 11.4. The van der Waals surface area contributed by atoms with Gasteiger partial charge < -0.3 is 15.0 Å². The number of nitrogens with two attached hydrogens (primary N) is 1. The third-order valence-corrected chi connectivity index (χ3v) is 3.86. The molecule has 0 atom stereocenters. The van der Waals surface area contributed by atoms with Crippen molar-refractivity contribution in [2.45, 2.75) is 53.6 Å². The summed E-state index contributed by atoms with van der Waals surface area (Å²) >= 11 is 0. The maximum absolute atomic E-state index is 13.7. The molecule has 0 aliphatic heterocycles. The van der Waals surface area contributed by atoms with Crippen LogP contribution >= 0.6 is 12.4 Å². The fraction of sp³-hybridized carbons (Fsp3) is 0.526. The zero-order valence-corrected chi connectivity index (χ0v) is 16.2. The van der Waals surface area contributed by atoms with Crippen LogP contribution in [0.15, 0.2) is 23.0 Å². The van der Waals surface area contributed by atoms with E-state index in [0.29, 0.717) is 35.4 Å². The summed E-state index contributed by atoms with van der Waals surface area (Å²) < 4.78 is 21.4. The zero-order valence-electron chi connectivity index (χ0n) is 15.4. The second kappa shape index (κ2) is 8.68. The lowest BCUT2D eigenvalue weighted by atomic mass is 9.96. The number of ether oxygens (including phenoxy) is 1. The highest BCUT2D eigenvalue weighted by atomic mass is 35.5. The molecular weight excluding hydrogens is 343 g/mol. The number of hydrogen-bond acceptors (Lipinski definition) is 3. The van der Waals surface area contributed by atoms with Crippen molar-refractivity contribution >= 4 is 23.2 Å². The Bertz CT molecular complexity index is 782.